The van der Waals surface area contributed by atoms with Crippen molar-refractivity contribution in [3.63, 3.8) is 0 Å². The zero-order chi connectivity index (χ0) is 28.9. The molecule has 0 aliphatic heterocycles. The molecule has 0 radical (unpaired) electrons. The van der Waals surface area contributed by atoms with Gasteiger partial charge in [-0.3, -0.25) is 0 Å². The van der Waals surface area contributed by atoms with Crippen LogP contribution >= 0.6 is 0 Å². The van der Waals surface area contributed by atoms with Gasteiger partial charge in [0.25, 0.3) is 0 Å². The van der Waals surface area contributed by atoms with Gasteiger partial charge in [-0.05, 0) is 91.0 Å². The average molecular weight is 548 g/mol. The van der Waals surface area contributed by atoms with Gasteiger partial charge in [0, 0.05) is 16.5 Å². The van der Waals surface area contributed by atoms with Gasteiger partial charge in [-0.1, -0.05) is 128 Å². The number of rotatable bonds is 5. The summed E-state index contributed by atoms with van der Waals surface area (Å²) in [5.74, 6) is 0. The molecule has 1 heteroatoms. The standard InChI is InChI=1S/C42H29N/c1-3-13-31(4-2)43-40-22-10-9-20-38(40)42-32(21-12-23-41(42)43)30-15-11-14-28(26-30)29-24-25-37-35-18-6-5-16-33(35)34-17-7-8-19-36(34)39(37)27-29/h3-27H,1-2H2/b31-13+. The summed E-state index contributed by atoms with van der Waals surface area (Å²) in [6.07, 6.45) is 5.73. The largest absolute Gasteiger partial charge is 0.309 e. The molecule has 1 heterocycles. The van der Waals surface area contributed by atoms with Crippen molar-refractivity contribution in [2.75, 3.05) is 0 Å². The molecule has 0 unspecified atom stereocenters. The molecule has 0 atom stereocenters. The van der Waals surface area contributed by atoms with Gasteiger partial charge in [-0.15, -0.1) is 0 Å². The van der Waals surface area contributed by atoms with Crippen molar-refractivity contribution in [3.8, 4) is 22.3 Å². The van der Waals surface area contributed by atoms with Gasteiger partial charge in [0.15, 0.2) is 0 Å². The van der Waals surface area contributed by atoms with Gasteiger partial charge in [0.1, 0.15) is 0 Å². The number of allylic oxidation sites excluding steroid dienone is 4. The van der Waals surface area contributed by atoms with Crippen molar-refractivity contribution in [2.45, 2.75) is 0 Å². The summed E-state index contributed by atoms with van der Waals surface area (Å²) in [5.41, 5.74) is 8.14. The Morgan fingerprint density at radius 1 is 0.465 bits per heavy atom. The lowest BCUT2D eigenvalue weighted by atomic mass is 9.91. The maximum Gasteiger partial charge on any atom is 0.0547 e. The number of fused-ring (bicyclic) bond motifs is 9. The zero-order valence-corrected chi connectivity index (χ0v) is 23.8. The lowest BCUT2D eigenvalue weighted by Gasteiger charge is -2.13. The molecule has 0 saturated heterocycles. The molecule has 8 rings (SSSR count). The van der Waals surface area contributed by atoms with Crippen LogP contribution in [-0.2, 0) is 0 Å². The van der Waals surface area contributed by atoms with Crippen molar-refractivity contribution in [3.05, 3.63) is 165 Å². The Morgan fingerprint density at radius 2 is 1.02 bits per heavy atom. The van der Waals surface area contributed by atoms with Gasteiger partial charge >= 0.3 is 0 Å². The van der Waals surface area contributed by atoms with Crippen molar-refractivity contribution in [1.29, 1.82) is 0 Å². The highest BCUT2D eigenvalue weighted by molar-refractivity contribution is 6.25. The van der Waals surface area contributed by atoms with Crippen LogP contribution in [0.3, 0.4) is 0 Å². The van der Waals surface area contributed by atoms with E-state index in [2.05, 4.69) is 151 Å². The summed E-state index contributed by atoms with van der Waals surface area (Å²) in [7, 11) is 0. The van der Waals surface area contributed by atoms with Crippen LogP contribution in [0.2, 0.25) is 0 Å². The SMILES string of the molecule is C=C/C=C(\C=C)n1c2ccccc2c2c(-c3cccc(-c4ccc5c6ccccc6c6ccccc6c5c4)c3)cccc21. The van der Waals surface area contributed by atoms with Crippen LogP contribution in [-0.4, -0.2) is 4.57 Å². The van der Waals surface area contributed by atoms with Gasteiger partial charge in [0.05, 0.1) is 11.0 Å². The lowest BCUT2D eigenvalue weighted by Crippen LogP contribution is -1.93. The van der Waals surface area contributed by atoms with Gasteiger partial charge < -0.3 is 4.57 Å². The third kappa shape index (κ3) is 3.86. The van der Waals surface area contributed by atoms with E-state index in [9.17, 15) is 0 Å². The second kappa shape index (κ2) is 10.0. The summed E-state index contributed by atoms with van der Waals surface area (Å²) in [6, 6.07) is 48.6. The fourth-order valence-corrected chi connectivity index (χ4v) is 6.85. The molecule has 43 heavy (non-hydrogen) atoms. The Hall–Kier alpha value is -5.66. The van der Waals surface area contributed by atoms with E-state index in [1.54, 1.807) is 0 Å². The minimum absolute atomic E-state index is 1.00. The number of benzene rings is 7. The molecule has 0 aliphatic rings. The molecule has 8 aromatic rings. The predicted octanol–water partition coefficient (Wildman–Crippen LogP) is 11.8. The van der Waals surface area contributed by atoms with Crippen molar-refractivity contribution in [2.24, 2.45) is 0 Å². The Bertz CT molecular complexity index is 2400. The Labute approximate surface area is 250 Å². The maximum atomic E-state index is 4.10. The minimum atomic E-state index is 1.00. The Morgan fingerprint density at radius 3 is 1.72 bits per heavy atom. The molecule has 0 N–H and O–H groups in total. The van der Waals surface area contributed by atoms with E-state index in [1.807, 2.05) is 18.2 Å². The van der Waals surface area contributed by atoms with Crippen LogP contribution in [0.25, 0.3) is 82.1 Å². The van der Waals surface area contributed by atoms with Gasteiger partial charge in [-0.2, -0.15) is 0 Å². The van der Waals surface area contributed by atoms with Crippen LogP contribution < -0.4 is 0 Å². The first-order valence-electron chi connectivity index (χ1n) is 14.7. The molecular formula is C42H29N. The first kappa shape index (κ1) is 25.1. The molecule has 202 valence electrons. The number of hydrogen-bond acceptors (Lipinski definition) is 0. The smallest absolute Gasteiger partial charge is 0.0547 e. The number of nitrogens with zero attached hydrogens (tertiary/aromatic N) is 1. The Balaban J connectivity index is 1.35. The fraction of sp³-hybridized carbons (Fsp3) is 0. The van der Waals surface area contributed by atoms with E-state index in [0.29, 0.717) is 0 Å². The normalized spacial score (nSPS) is 12.0. The number of hydrogen-bond donors (Lipinski definition) is 0. The lowest BCUT2D eigenvalue weighted by molar-refractivity contribution is 1.24. The van der Waals surface area contributed by atoms with E-state index >= 15 is 0 Å². The Kier molecular flexibility index (Phi) is 5.84. The molecule has 1 aromatic heterocycles. The van der Waals surface area contributed by atoms with E-state index in [1.165, 1.54) is 65.3 Å². The van der Waals surface area contributed by atoms with Gasteiger partial charge in [0.2, 0.25) is 0 Å². The molecular weight excluding hydrogens is 518 g/mol. The van der Waals surface area contributed by atoms with Crippen LogP contribution in [0.15, 0.2) is 165 Å². The quantitative estimate of drug-likeness (QED) is 0.149. The van der Waals surface area contributed by atoms with Crippen molar-refractivity contribution in [1.82, 2.24) is 4.57 Å². The highest BCUT2D eigenvalue weighted by Crippen LogP contribution is 2.41. The average Bonchev–Trinajstić information content (AvgIpc) is 3.41. The molecule has 1 nitrogen and oxygen atoms in total. The topological polar surface area (TPSA) is 4.93 Å². The highest BCUT2D eigenvalue weighted by atomic mass is 15.0. The monoisotopic (exact) mass is 547 g/mol. The number of aromatic nitrogens is 1. The first-order chi connectivity index (χ1) is 21.3. The van der Waals surface area contributed by atoms with E-state index in [4.69, 9.17) is 0 Å². The number of para-hydroxylation sites is 1. The minimum Gasteiger partial charge on any atom is -0.309 e. The molecule has 0 fully saturated rings. The van der Waals surface area contributed by atoms with Crippen LogP contribution in [0.1, 0.15) is 0 Å². The summed E-state index contributed by atoms with van der Waals surface area (Å²) >= 11 is 0. The first-order valence-corrected chi connectivity index (χ1v) is 14.7. The van der Waals surface area contributed by atoms with Crippen molar-refractivity contribution < 1.29 is 0 Å². The molecule has 0 bridgehead atoms. The van der Waals surface area contributed by atoms with Crippen LogP contribution in [0.5, 0.6) is 0 Å². The van der Waals surface area contributed by atoms with E-state index in [-0.39, 0.29) is 0 Å². The highest BCUT2D eigenvalue weighted by Gasteiger charge is 2.16. The molecule has 7 aromatic carbocycles. The summed E-state index contributed by atoms with van der Waals surface area (Å²) in [4.78, 5) is 0. The van der Waals surface area contributed by atoms with E-state index < -0.39 is 0 Å². The summed E-state index contributed by atoms with van der Waals surface area (Å²) < 4.78 is 2.28. The second-order valence-corrected chi connectivity index (χ2v) is 11.0. The molecule has 0 amide bonds. The second-order valence-electron chi connectivity index (χ2n) is 11.0. The van der Waals surface area contributed by atoms with Crippen LogP contribution in [0, 0.1) is 0 Å². The third-order valence-electron chi connectivity index (χ3n) is 8.70. The zero-order valence-electron chi connectivity index (χ0n) is 23.8. The van der Waals surface area contributed by atoms with Crippen LogP contribution in [0.4, 0.5) is 0 Å². The summed E-state index contributed by atoms with van der Waals surface area (Å²) in [5, 5.41) is 10.2. The molecule has 0 spiro atoms. The fourth-order valence-electron chi connectivity index (χ4n) is 6.85. The van der Waals surface area contributed by atoms with E-state index in [0.717, 1.165) is 16.7 Å². The summed E-state index contributed by atoms with van der Waals surface area (Å²) in [6.45, 7) is 8.03. The molecule has 0 saturated carbocycles. The van der Waals surface area contributed by atoms with Crippen molar-refractivity contribution >= 4 is 59.8 Å². The maximum absolute atomic E-state index is 4.10. The third-order valence-corrected chi connectivity index (χ3v) is 8.70. The van der Waals surface area contributed by atoms with Gasteiger partial charge in [-0.25, -0.2) is 0 Å². The predicted molar refractivity (Wildman–Crippen MR) is 188 cm³/mol. The molecule has 0 aliphatic carbocycles.